The highest BCUT2D eigenvalue weighted by Crippen LogP contribution is 2.29. The molecule has 5 rings (SSSR count). The molecular formula is C30H33FN6O4. The molecule has 0 bridgehead atoms. The Kier molecular flexibility index (Phi) is 9.04. The van der Waals surface area contributed by atoms with Gasteiger partial charge in [0.15, 0.2) is 12.0 Å². The summed E-state index contributed by atoms with van der Waals surface area (Å²) < 4.78 is 26.1. The van der Waals surface area contributed by atoms with Crippen molar-refractivity contribution in [2.24, 2.45) is 0 Å². The van der Waals surface area contributed by atoms with Crippen LogP contribution in [0, 0.1) is 11.3 Å². The van der Waals surface area contributed by atoms with Crippen LogP contribution in [0.1, 0.15) is 24.5 Å². The molecule has 41 heavy (non-hydrogen) atoms. The lowest BCUT2D eigenvalue weighted by atomic mass is 10.0. The van der Waals surface area contributed by atoms with E-state index >= 15 is 0 Å². The van der Waals surface area contributed by atoms with Crippen LogP contribution in [0.3, 0.4) is 0 Å². The number of benzene rings is 2. The van der Waals surface area contributed by atoms with Crippen molar-refractivity contribution in [3.63, 3.8) is 0 Å². The summed E-state index contributed by atoms with van der Waals surface area (Å²) in [6.45, 7) is 5.65. The van der Waals surface area contributed by atoms with Crippen molar-refractivity contribution in [3.8, 4) is 23.2 Å². The van der Waals surface area contributed by atoms with Crippen LogP contribution in [0.4, 0.5) is 15.9 Å². The summed E-state index contributed by atoms with van der Waals surface area (Å²) in [7, 11) is 0. The number of rotatable bonds is 8. The fraction of sp³-hybridized carbons (Fsp3) is 0.400. The van der Waals surface area contributed by atoms with E-state index in [1.54, 1.807) is 30.5 Å². The molecule has 10 nitrogen and oxygen atoms in total. The standard InChI is InChI=1S/C30H33FN6O4/c1-20(38)30(39)37-10-8-27(25(31)19-37)41-26-6-5-22(16-23(26)17-32)29-33-9-7-28(35-29)34-24-4-2-3-21(15-24)18-36-11-13-40-14-12-36/h2-7,9,15-16,20,25,27,38H,8,10-14,18-19H2,1H3,(H,33,34,35)/t20-,25+,27-/m0/s1. The van der Waals surface area contributed by atoms with Crippen LogP contribution in [-0.4, -0.2) is 88.6 Å². The summed E-state index contributed by atoms with van der Waals surface area (Å²) in [6, 6.07) is 17.1. The van der Waals surface area contributed by atoms with Gasteiger partial charge in [-0.3, -0.25) is 9.69 Å². The third-order valence-electron chi connectivity index (χ3n) is 7.15. The number of aliphatic hydroxyl groups excluding tert-OH is 1. The van der Waals surface area contributed by atoms with Gasteiger partial charge in [-0.1, -0.05) is 12.1 Å². The van der Waals surface area contributed by atoms with Gasteiger partial charge in [0.05, 0.1) is 25.3 Å². The van der Waals surface area contributed by atoms with E-state index < -0.39 is 24.3 Å². The number of nitrogens with one attached hydrogen (secondary N) is 1. The molecule has 0 spiro atoms. The zero-order chi connectivity index (χ0) is 28.8. The minimum absolute atomic E-state index is 0.169. The lowest BCUT2D eigenvalue weighted by Crippen LogP contribution is -2.51. The number of likely N-dealkylation sites (tertiary alicyclic amines) is 1. The van der Waals surface area contributed by atoms with Gasteiger partial charge in [-0.15, -0.1) is 0 Å². The maximum absolute atomic E-state index is 14.8. The minimum atomic E-state index is -1.45. The lowest BCUT2D eigenvalue weighted by molar-refractivity contribution is -0.143. The first kappa shape index (κ1) is 28.4. The third kappa shape index (κ3) is 7.16. The molecule has 2 N–H and O–H groups in total. The SMILES string of the molecule is C[C@H](O)C(=O)N1CC[C@H](Oc2ccc(-c3nccc(Nc4cccc(CN5CCOCC5)c4)n3)cc2C#N)[C@H](F)C1. The summed E-state index contributed by atoms with van der Waals surface area (Å²) in [5.74, 6) is 0.781. The second-order valence-electron chi connectivity index (χ2n) is 10.2. The third-order valence-corrected chi connectivity index (χ3v) is 7.15. The molecule has 0 radical (unpaired) electrons. The molecule has 2 saturated heterocycles. The van der Waals surface area contributed by atoms with E-state index in [0.717, 1.165) is 38.5 Å². The predicted molar refractivity (Wildman–Crippen MR) is 150 cm³/mol. The number of aromatic nitrogens is 2. The van der Waals surface area contributed by atoms with Crippen LogP contribution in [0.15, 0.2) is 54.7 Å². The number of ether oxygens (including phenoxy) is 2. The van der Waals surface area contributed by atoms with Gasteiger partial charge < -0.3 is 24.8 Å². The van der Waals surface area contributed by atoms with Gasteiger partial charge in [-0.25, -0.2) is 14.4 Å². The number of nitriles is 1. The van der Waals surface area contributed by atoms with Gasteiger partial charge in [0.2, 0.25) is 0 Å². The van der Waals surface area contributed by atoms with E-state index in [1.165, 1.54) is 17.4 Å². The van der Waals surface area contributed by atoms with Crippen molar-refractivity contribution < 1.29 is 23.8 Å². The summed E-state index contributed by atoms with van der Waals surface area (Å²) in [6.07, 6.45) is -1.55. The first-order valence-corrected chi connectivity index (χ1v) is 13.7. The molecule has 3 aromatic rings. The molecule has 1 amide bonds. The fourth-order valence-corrected chi connectivity index (χ4v) is 4.98. The summed E-state index contributed by atoms with van der Waals surface area (Å²) in [5.41, 5.74) is 2.95. The molecule has 1 aromatic heterocycles. The lowest BCUT2D eigenvalue weighted by Gasteiger charge is -2.35. The molecule has 0 aliphatic carbocycles. The number of hydrogen-bond acceptors (Lipinski definition) is 9. The van der Waals surface area contributed by atoms with Gasteiger partial charge in [0.1, 0.15) is 29.8 Å². The van der Waals surface area contributed by atoms with Crippen LogP contribution >= 0.6 is 0 Å². The number of aliphatic hydroxyl groups is 1. The summed E-state index contributed by atoms with van der Waals surface area (Å²) in [4.78, 5) is 24.7. The Morgan fingerprint density at radius 2 is 2.07 bits per heavy atom. The predicted octanol–water partition coefficient (Wildman–Crippen LogP) is 3.29. The van der Waals surface area contributed by atoms with E-state index in [0.29, 0.717) is 17.2 Å². The van der Waals surface area contributed by atoms with Gasteiger partial charge in [-0.05, 0) is 48.9 Å². The number of carbonyl (C=O) groups is 1. The number of anilines is 2. The molecular weight excluding hydrogens is 527 g/mol. The number of nitrogens with zero attached hydrogens (tertiary/aromatic N) is 5. The second-order valence-corrected chi connectivity index (χ2v) is 10.2. The van der Waals surface area contributed by atoms with Crippen LogP contribution in [0.5, 0.6) is 5.75 Å². The molecule has 2 fully saturated rings. The van der Waals surface area contributed by atoms with E-state index in [9.17, 15) is 19.6 Å². The quantitative estimate of drug-likeness (QED) is 0.427. The van der Waals surface area contributed by atoms with Crippen molar-refractivity contribution in [3.05, 3.63) is 65.9 Å². The monoisotopic (exact) mass is 560 g/mol. The Bertz CT molecular complexity index is 1410. The fourth-order valence-electron chi connectivity index (χ4n) is 4.98. The van der Waals surface area contributed by atoms with Crippen molar-refractivity contribution in [2.45, 2.75) is 38.3 Å². The van der Waals surface area contributed by atoms with Crippen molar-refractivity contribution in [2.75, 3.05) is 44.7 Å². The zero-order valence-electron chi connectivity index (χ0n) is 22.9. The van der Waals surface area contributed by atoms with Crippen molar-refractivity contribution in [1.82, 2.24) is 19.8 Å². The number of hydrogen-bond donors (Lipinski definition) is 2. The average Bonchev–Trinajstić information content (AvgIpc) is 2.98. The van der Waals surface area contributed by atoms with E-state index in [1.807, 2.05) is 12.1 Å². The smallest absolute Gasteiger partial charge is 0.251 e. The summed E-state index contributed by atoms with van der Waals surface area (Å²) in [5, 5.41) is 22.6. The largest absolute Gasteiger partial charge is 0.486 e. The van der Waals surface area contributed by atoms with Gasteiger partial charge in [-0.2, -0.15) is 5.26 Å². The van der Waals surface area contributed by atoms with Gasteiger partial charge >= 0.3 is 0 Å². The molecule has 2 aliphatic heterocycles. The normalized spacial score (nSPS) is 20.2. The number of piperidine rings is 1. The topological polar surface area (TPSA) is 124 Å². The summed E-state index contributed by atoms with van der Waals surface area (Å²) >= 11 is 0. The number of carbonyl (C=O) groups excluding carboxylic acids is 1. The highest BCUT2D eigenvalue weighted by molar-refractivity contribution is 5.80. The highest BCUT2D eigenvalue weighted by Gasteiger charge is 2.34. The molecule has 3 atom stereocenters. The first-order chi connectivity index (χ1) is 19.9. The zero-order valence-corrected chi connectivity index (χ0v) is 22.9. The highest BCUT2D eigenvalue weighted by atomic mass is 19.1. The maximum Gasteiger partial charge on any atom is 0.251 e. The second kappa shape index (κ2) is 13.0. The Labute approximate surface area is 238 Å². The first-order valence-electron chi connectivity index (χ1n) is 13.7. The molecule has 11 heteroatoms. The Morgan fingerprint density at radius 1 is 1.24 bits per heavy atom. The molecule has 0 unspecified atom stereocenters. The van der Waals surface area contributed by atoms with Crippen LogP contribution in [-0.2, 0) is 16.1 Å². The molecule has 214 valence electrons. The van der Waals surface area contributed by atoms with E-state index in [-0.39, 0.29) is 30.8 Å². The molecule has 3 heterocycles. The Balaban J connectivity index is 1.25. The van der Waals surface area contributed by atoms with Gasteiger partial charge in [0, 0.05) is 50.0 Å². The minimum Gasteiger partial charge on any atom is -0.486 e. The number of morpholine rings is 1. The molecule has 2 aromatic carbocycles. The molecule has 0 saturated carbocycles. The Hall–Kier alpha value is -4.11. The average molecular weight is 561 g/mol. The number of amides is 1. The van der Waals surface area contributed by atoms with E-state index in [2.05, 4.69) is 38.4 Å². The van der Waals surface area contributed by atoms with Crippen molar-refractivity contribution >= 4 is 17.4 Å². The Morgan fingerprint density at radius 3 is 2.83 bits per heavy atom. The van der Waals surface area contributed by atoms with Gasteiger partial charge in [0.25, 0.3) is 5.91 Å². The van der Waals surface area contributed by atoms with Crippen LogP contribution < -0.4 is 10.1 Å². The van der Waals surface area contributed by atoms with Crippen LogP contribution in [0.2, 0.25) is 0 Å². The number of halogens is 1. The molecule has 2 aliphatic rings. The van der Waals surface area contributed by atoms with Crippen LogP contribution in [0.25, 0.3) is 11.4 Å². The van der Waals surface area contributed by atoms with Crippen molar-refractivity contribution in [1.29, 1.82) is 5.26 Å². The number of alkyl halides is 1. The maximum atomic E-state index is 14.8. The van der Waals surface area contributed by atoms with E-state index in [4.69, 9.17) is 9.47 Å².